The van der Waals surface area contributed by atoms with Gasteiger partial charge in [-0.15, -0.1) is 0 Å². The summed E-state index contributed by atoms with van der Waals surface area (Å²) >= 11 is 6.08. The minimum absolute atomic E-state index is 0.0551. The molecule has 2 heterocycles. The molecular weight excluding hydrogens is 456 g/mol. The Labute approximate surface area is 200 Å². The SMILES string of the molecule is CC(C)c1ncncc1-c1cc(C(=O)CC2(C)CCS(=O)(=O)C2)cc(-c2ccc(Cl)cc2)c1. The molecule has 172 valence electrons. The van der Waals surface area contributed by atoms with Crippen LogP contribution in [0.1, 0.15) is 55.6 Å². The van der Waals surface area contributed by atoms with Gasteiger partial charge in [-0.25, -0.2) is 18.4 Å². The molecule has 7 heteroatoms. The van der Waals surface area contributed by atoms with Gasteiger partial charge < -0.3 is 0 Å². The highest BCUT2D eigenvalue weighted by atomic mass is 35.5. The predicted molar refractivity (Wildman–Crippen MR) is 132 cm³/mol. The minimum atomic E-state index is -3.08. The van der Waals surface area contributed by atoms with E-state index in [0.717, 1.165) is 27.9 Å². The van der Waals surface area contributed by atoms with Crippen LogP contribution in [-0.4, -0.2) is 35.7 Å². The van der Waals surface area contributed by atoms with E-state index in [2.05, 4.69) is 23.8 Å². The monoisotopic (exact) mass is 482 g/mol. The predicted octanol–water partition coefficient (Wildman–Crippen LogP) is 5.99. The van der Waals surface area contributed by atoms with Crippen LogP contribution in [0.5, 0.6) is 0 Å². The van der Waals surface area contributed by atoms with Gasteiger partial charge in [0.05, 0.1) is 17.2 Å². The first-order chi connectivity index (χ1) is 15.6. The second-order valence-electron chi connectivity index (χ2n) is 9.53. The van der Waals surface area contributed by atoms with Crippen LogP contribution >= 0.6 is 11.6 Å². The summed E-state index contributed by atoms with van der Waals surface area (Å²) in [6.07, 6.45) is 4.02. The standard InChI is InChI=1S/C26H27ClN2O3S/c1-17(2)25-23(14-28-16-29-25)20-10-19(18-4-6-22(27)7-5-18)11-21(12-20)24(30)13-26(3)8-9-33(31,32)15-26/h4-7,10-12,14,16-17H,8-9,13,15H2,1-3H3. The summed E-state index contributed by atoms with van der Waals surface area (Å²) in [7, 11) is -3.08. The number of hydrogen-bond acceptors (Lipinski definition) is 5. The fourth-order valence-corrected chi connectivity index (χ4v) is 6.86. The van der Waals surface area contributed by atoms with Crippen molar-refractivity contribution in [3.63, 3.8) is 0 Å². The Bertz CT molecular complexity index is 1300. The van der Waals surface area contributed by atoms with Crippen LogP contribution in [0.4, 0.5) is 0 Å². The third-order valence-electron chi connectivity index (χ3n) is 6.21. The fourth-order valence-electron chi connectivity index (χ4n) is 4.48. The number of carbonyl (C=O) groups excluding carboxylic acids is 1. The molecule has 5 nitrogen and oxygen atoms in total. The molecule has 2 aromatic carbocycles. The molecule has 0 spiro atoms. The van der Waals surface area contributed by atoms with Crippen LogP contribution in [0.25, 0.3) is 22.3 Å². The number of Topliss-reactive ketones (excluding diaryl/α,β-unsaturated/α-hetero) is 1. The maximum atomic E-state index is 13.4. The number of rotatable bonds is 6. The molecular formula is C26H27ClN2O3S. The molecule has 1 fully saturated rings. The first-order valence-corrected chi connectivity index (χ1v) is 13.2. The van der Waals surface area contributed by atoms with Crippen molar-refractivity contribution in [2.45, 2.75) is 39.5 Å². The van der Waals surface area contributed by atoms with Crippen LogP contribution in [-0.2, 0) is 9.84 Å². The van der Waals surface area contributed by atoms with Crippen LogP contribution in [0.2, 0.25) is 5.02 Å². The minimum Gasteiger partial charge on any atom is -0.294 e. The van der Waals surface area contributed by atoms with E-state index in [1.807, 2.05) is 49.4 Å². The van der Waals surface area contributed by atoms with Gasteiger partial charge in [0.2, 0.25) is 0 Å². The summed E-state index contributed by atoms with van der Waals surface area (Å²) in [5.41, 5.74) is 4.49. The fraction of sp³-hybridized carbons (Fsp3) is 0.346. The maximum absolute atomic E-state index is 13.4. The first-order valence-electron chi connectivity index (χ1n) is 11.0. The van der Waals surface area contributed by atoms with E-state index < -0.39 is 15.3 Å². The molecule has 1 saturated heterocycles. The summed E-state index contributed by atoms with van der Waals surface area (Å²) in [5.74, 6) is 0.324. The van der Waals surface area contributed by atoms with Crippen molar-refractivity contribution in [3.8, 4) is 22.3 Å². The van der Waals surface area contributed by atoms with E-state index >= 15 is 0 Å². The zero-order valence-electron chi connectivity index (χ0n) is 19.0. The Kier molecular flexibility index (Phi) is 6.43. The summed E-state index contributed by atoms with van der Waals surface area (Å²) < 4.78 is 24.1. The quantitative estimate of drug-likeness (QED) is 0.403. The molecule has 1 aromatic heterocycles. The summed E-state index contributed by atoms with van der Waals surface area (Å²) in [6.45, 7) is 6.03. The average Bonchev–Trinajstić information content (AvgIpc) is 3.06. The van der Waals surface area contributed by atoms with Crippen molar-refractivity contribution in [1.82, 2.24) is 9.97 Å². The normalized spacial score (nSPS) is 19.7. The van der Waals surface area contributed by atoms with Crippen molar-refractivity contribution < 1.29 is 13.2 Å². The van der Waals surface area contributed by atoms with Crippen LogP contribution in [0.3, 0.4) is 0 Å². The first kappa shape index (κ1) is 23.6. The molecule has 1 aliphatic heterocycles. The molecule has 0 aliphatic carbocycles. The van der Waals surface area contributed by atoms with Crippen molar-refractivity contribution in [2.24, 2.45) is 5.41 Å². The molecule has 4 rings (SSSR count). The third-order valence-corrected chi connectivity index (χ3v) is 8.42. The number of benzene rings is 2. The molecule has 1 unspecified atom stereocenters. The second-order valence-corrected chi connectivity index (χ2v) is 12.2. The van der Waals surface area contributed by atoms with Gasteiger partial charge in [-0.05, 0) is 64.8 Å². The molecule has 0 bridgehead atoms. The Hall–Kier alpha value is -2.57. The van der Waals surface area contributed by atoms with E-state index in [-0.39, 0.29) is 29.6 Å². The smallest absolute Gasteiger partial charge is 0.163 e. The summed E-state index contributed by atoms with van der Waals surface area (Å²) in [4.78, 5) is 22.1. The molecule has 0 amide bonds. The van der Waals surface area contributed by atoms with Crippen LogP contribution in [0, 0.1) is 5.41 Å². The number of halogens is 1. The Morgan fingerprint density at radius 3 is 2.42 bits per heavy atom. The van der Waals surface area contributed by atoms with E-state index in [1.54, 1.807) is 6.20 Å². The lowest BCUT2D eigenvalue weighted by Gasteiger charge is -2.21. The molecule has 0 N–H and O–H groups in total. The zero-order chi connectivity index (χ0) is 23.8. The number of nitrogens with zero attached hydrogens (tertiary/aromatic N) is 2. The van der Waals surface area contributed by atoms with Crippen molar-refractivity contribution in [1.29, 1.82) is 0 Å². The van der Waals surface area contributed by atoms with Gasteiger partial charge in [-0.3, -0.25) is 4.79 Å². The largest absolute Gasteiger partial charge is 0.294 e. The maximum Gasteiger partial charge on any atom is 0.163 e. The summed E-state index contributed by atoms with van der Waals surface area (Å²) in [6, 6.07) is 13.3. The van der Waals surface area contributed by atoms with Crippen LogP contribution < -0.4 is 0 Å². The summed E-state index contributed by atoms with van der Waals surface area (Å²) in [5, 5.41) is 0.639. The van der Waals surface area contributed by atoms with Gasteiger partial charge in [0.15, 0.2) is 15.6 Å². The van der Waals surface area contributed by atoms with Gasteiger partial charge in [0, 0.05) is 28.8 Å². The molecule has 0 radical (unpaired) electrons. The highest BCUT2D eigenvalue weighted by molar-refractivity contribution is 7.91. The van der Waals surface area contributed by atoms with E-state index in [1.165, 1.54) is 6.33 Å². The van der Waals surface area contributed by atoms with E-state index in [4.69, 9.17) is 11.6 Å². The van der Waals surface area contributed by atoms with Gasteiger partial charge in [0.1, 0.15) is 6.33 Å². The average molecular weight is 483 g/mol. The van der Waals surface area contributed by atoms with E-state index in [0.29, 0.717) is 17.0 Å². The van der Waals surface area contributed by atoms with Crippen molar-refractivity contribution in [2.75, 3.05) is 11.5 Å². The Balaban J connectivity index is 1.80. The van der Waals surface area contributed by atoms with Gasteiger partial charge in [-0.1, -0.05) is 44.5 Å². The Morgan fingerprint density at radius 2 is 1.79 bits per heavy atom. The highest BCUT2D eigenvalue weighted by Gasteiger charge is 2.40. The number of sulfone groups is 1. The molecule has 33 heavy (non-hydrogen) atoms. The van der Waals surface area contributed by atoms with E-state index in [9.17, 15) is 13.2 Å². The van der Waals surface area contributed by atoms with Crippen molar-refractivity contribution in [3.05, 3.63) is 71.3 Å². The lowest BCUT2D eigenvalue weighted by Crippen LogP contribution is -2.22. The van der Waals surface area contributed by atoms with Crippen molar-refractivity contribution >= 4 is 27.2 Å². The van der Waals surface area contributed by atoms with Gasteiger partial charge >= 0.3 is 0 Å². The third kappa shape index (κ3) is 5.33. The number of ketones is 1. The van der Waals surface area contributed by atoms with Crippen LogP contribution in [0.15, 0.2) is 55.0 Å². The second kappa shape index (κ2) is 8.99. The number of carbonyl (C=O) groups is 1. The highest BCUT2D eigenvalue weighted by Crippen LogP contribution is 2.38. The zero-order valence-corrected chi connectivity index (χ0v) is 20.6. The lowest BCUT2D eigenvalue weighted by atomic mass is 9.82. The number of aromatic nitrogens is 2. The number of hydrogen-bond donors (Lipinski definition) is 0. The molecule has 0 saturated carbocycles. The molecule has 1 aliphatic rings. The van der Waals surface area contributed by atoms with Gasteiger partial charge in [0.25, 0.3) is 0 Å². The Morgan fingerprint density at radius 1 is 1.09 bits per heavy atom. The topological polar surface area (TPSA) is 77.0 Å². The molecule has 3 aromatic rings. The lowest BCUT2D eigenvalue weighted by molar-refractivity contribution is 0.0934. The molecule has 1 atom stereocenters. The van der Waals surface area contributed by atoms with Gasteiger partial charge in [-0.2, -0.15) is 0 Å².